The molecule has 1 aliphatic rings. The topological polar surface area (TPSA) is 49.3 Å². The second-order valence-corrected chi connectivity index (χ2v) is 8.14. The molecule has 4 rings (SSSR count). The molecule has 0 saturated carbocycles. The number of thiazole rings is 1. The molecule has 3 aromatic rings. The Morgan fingerprint density at radius 1 is 1.12 bits per heavy atom. The van der Waals surface area contributed by atoms with Crippen molar-refractivity contribution in [2.24, 2.45) is 4.99 Å². The molecule has 0 radical (unpaired) electrons. The van der Waals surface area contributed by atoms with Gasteiger partial charge in [-0.2, -0.15) is 0 Å². The van der Waals surface area contributed by atoms with Crippen molar-refractivity contribution in [2.75, 3.05) is 29.5 Å². The number of amidine groups is 1. The first-order valence-corrected chi connectivity index (χ1v) is 10.2. The maximum atomic E-state index is 4.66. The molecule has 1 aliphatic heterocycles. The van der Waals surface area contributed by atoms with Crippen LogP contribution in [0, 0.1) is 6.92 Å². The van der Waals surface area contributed by atoms with Gasteiger partial charge >= 0.3 is 0 Å². The van der Waals surface area contributed by atoms with E-state index < -0.39 is 0 Å². The summed E-state index contributed by atoms with van der Waals surface area (Å²) in [6.45, 7) is 3.90. The van der Waals surface area contributed by atoms with Crippen LogP contribution in [0.15, 0.2) is 47.5 Å². The molecule has 2 aromatic carbocycles. The third-order valence-corrected chi connectivity index (χ3v) is 5.91. The first-order valence-electron chi connectivity index (χ1n) is 8.40. The van der Waals surface area contributed by atoms with Crippen LogP contribution in [0.5, 0.6) is 0 Å². The second-order valence-electron chi connectivity index (χ2n) is 6.02. The van der Waals surface area contributed by atoms with Gasteiger partial charge in [0.1, 0.15) is 0 Å². The second kappa shape index (κ2) is 7.45. The van der Waals surface area contributed by atoms with Crippen molar-refractivity contribution in [1.29, 1.82) is 0 Å². The van der Waals surface area contributed by atoms with Crippen LogP contribution >= 0.6 is 23.1 Å². The standard InChI is InChI=1S/C19H20N4S2/c1-13-2-7-17-16(12-13)23-19(25-17)20-9-8-14-3-5-15(6-4-14)22-18-21-10-11-24-18/h2-7,12H,8-11H2,1H3,(H,20,23)(H,21,22). The van der Waals surface area contributed by atoms with Crippen molar-refractivity contribution in [1.82, 2.24) is 4.98 Å². The maximum Gasteiger partial charge on any atom is 0.183 e. The van der Waals surface area contributed by atoms with Crippen LogP contribution in [0.2, 0.25) is 0 Å². The van der Waals surface area contributed by atoms with Gasteiger partial charge in [-0.3, -0.25) is 4.99 Å². The molecule has 0 bridgehead atoms. The van der Waals surface area contributed by atoms with E-state index in [0.717, 1.165) is 46.8 Å². The molecule has 4 nitrogen and oxygen atoms in total. The first kappa shape index (κ1) is 16.4. The molecule has 128 valence electrons. The summed E-state index contributed by atoms with van der Waals surface area (Å²) in [4.78, 5) is 9.07. The number of fused-ring (bicyclic) bond motifs is 1. The highest BCUT2D eigenvalue weighted by Gasteiger charge is 2.07. The Kier molecular flexibility index (Phi) is 4.90. The van der Waals surface area contributed by atoms with Crippen LogP contribution in [0.4, 0.5) is 10.8 Å². The summed E-state index contributed by atoms with van der Waals surface area (Å²) < 4.78 is 1.23. The summed E-state index contributed by atoms with van der Waals surface area (Å²) in [5.41, 5.74) is 4.75. The monoisotopic (exact) mass is 368 g/mol. The average Bonchev–Trinajstić information content (AvgIpc) is 3.25. The fraction of sp³-hybridized carbons (Fsp3) is 0.263. The Bertz CT molecular complexity index is 899. The number of anilines is 2. The van der Waals surface area contributed by atoms with Gasteiger partial charge in [0.05, 0.1) is 16.8 Å². The normalized spacial score (nSPS) is 13.9. The van der Waals surface area contributed by atoms with Crippen LogP contribution < -0.4 is 10.6 Å². The van der Waals surface area contributed by atoms with Crippen molar-refractivity contribution in [3.63, 3.8) is 0 Å². The molecule has 0 unspecified atom stereocenters. The van der Waals surface area contributed by atoms with E-state index in [0.29, 0.717) is 0 Å². The number of benzene rings is 2. The zero-order chi connectivity index (χ0) is 17.1. The number of rotatable bonds is 5. The van der Waals surface area contributed by atoms with Crippen molar-refractivity contribution in [3.8, 4) is 0 Å². The summed E-state index contributed by atoms with van der Waals surface area (Å²) in [5.74, 6) is 1.08. The Morgan fingerprint density at radius 3 is 2.80 bits per heavy atom. The Morgan fingerprint density at radius 2 is 2.00 bits per heavy atom. The van der Waals surface area contributed by atoms with E-state index in [-0.39, 0.29) is 0 Å². The van der Waals surface area contributed by atoms with Crippen molar-refractivity contribution >= 4 is 49.3 Å². The number of hydrogen-bond donors (Lipinski definition) is 2. The summed E-state index contributed by atoms with van der Waals surface area (Å²) in [6, 6.07) is 15.0. The zero-order valence-electron chi connectivity index (χ0n) is 14.1. The van der Waals surface area contributed by atoms with Gasteiger partial charge in [0.2, 0.25) is 0 Å². The smallest absolute Gasteiger partial charge is 0.183 e. The van der Waals surface area contributed by atoms with Gasteiger partial charge in [0.15, 0.2) is 10.3 Å². The van der Waals surface area contributed by atoms with Crippen LogP contribution in [0.1, 0.15) is 11.1 Å². The fourth-order valence-electron chi connectivity index (χ4n) is 2.72. The fourth-order valence-corrected chi connectivity index (χ4v) is 4.34. The van der Waals surface area contributed by atoms with E-state index in [1.54, 1.807) is 23.1 Å². The van der Waals surface area contributed by atoms with E-state index in [2.05, 4.69) is 70.0 Å². The van der Waals surface area contributed by atoms with Crippen LogP contribution in [0.3, 0.4) is 0 Å². The molecule has 0 fully saturated rings. The SMILES string of the molecule is Cc1ccc2sc(NCCc3ccc(NC4=NCCS4)cc3)nc2c1. The molecular formula is C19H20N4S2. The van der Waals surface area contributed by atoms with Gasteiger partial charge in [-0.1, -0.05) is 41.3 Å². The highest BCUT2D eigenvalue weighted by atomic mass is 32.2. The van der Waals surface area contributed by atoms with Gasteiger partial charge in [-0.05, 0) is 48.7 Å². The largest absolute Gasteiger partial charge is 0.361 e. The molecule has 0 aliphatic carbocycles. The number of aromatic nitrogens is 1. The predicted molar refractivity (Wildman–Crippen MR) is 111 cm³/mol. The molecule has 6 heteroatoms. The molecule has 0 spiro atoms. The predicted octanol–water partition coefficient (Wildman–Crippen LogP) is 4.77. The highest BCUT2D eigenvalue weighted by molar-refractivity contribution is 8.14. The van der Waals surface area contributed by atoms with Crippen LogP contribution in [-0.4, -0.2) is 29.0 Å². The number of thioether (sulfide) groups is 1. The molecule has 1 aromatic heterocycles. The lowest BCUT2D eigenvalue weighted by Gasteiger charge is -2.07. The molecule has 0 atom stereocenters. The number of nitrogens with zero attached hydrogens (tertiary/aromatic N) is 2. The van der Waals surface area contributed by atoms with E-state index in [1.807, 2.05) is 0 Å². The molecular weight excluding hydrogens is 348 g/mol. The minimum atomic E-state index is 0.883. The molecule has 2 heterocycles. The minimum Gasteiger partial charge on any atom is -0.361 e. The van der Waals surface area contributed by atoms with Gasteiger partial charge in [-0.15, -0.1) is 0 Å². The molecule has 25 heavy (non-hydrogen) atoms. The molecule has 2 N–H and O–H groups in total. The van der Waals surface area contributed by atoms with E-state index >= 15 is 0 Å². The number of hydrogen-bond acceptors (Lipinski definition) is 6. The Balaban J connectivity index is 1.31. The average molecular weight is 369 g/mol. The van der Waals surface area contributed by atoms with Crippen LogP contribution in [-0.2, 0) is 6.42 Å². The lowest BCUT2D eigenvalue weighted by Crippen LogP contribution is -2.06. The molecule has 0 amide bonds. The van der Waals surface area contributed by atoms with E-state index in [1.165, 1.54) is 15.8 Å². The van der Waals surface area contributed by atoms with Gasteiger partial charge in [0, 0.05) is 18.0 Å². The third-order valence-electron chi connectivity index (χ3n) is 4.02. The van der Waals surface area contributed by atoms with Gasteiger partial charge in [0.25, 0.3) is 0 Å². The lowest BCUT2D eigenvalue weighted by atomic mass is 10.1. The number of aliphatic imine (C=N–C) groups is 1. The van der Waals surface area contributed by atoms with Gasteiger partial charge in [-0.25, -0.2) is 4.98 Å². The number of nitrogens with one attached hydrogen (secondary N) is 2. The highest BCUT2D eigenvalue weighted by Crippen LogP contribution is 2.26. The quantitative estimate of drug-likeness (QED) is 0.681. The summed E-state index contributed by atoms with van der Waals surface area (Å²) in [5, 5.41) is 8.83. The third kappa shape index (κ3) is 4.14. The van der Waals surface area contributed by atoms with Crippen molar-refractivity contribution in [2.45, 2.75) is 13.3 Å². The maximum absolute atomic E-state index is 4.66. The summed E-state index contributed by atoms with van der Waals surface area (Å²) >= 11 is 3.49. The Hall–Kier alpha value is -2.05. The van der Waals surface area contributed by atoms with E-state index in [9.17, 15) is 0 Å². The lowest BCUT2D eigenvalue weighted by molar-refractivity contribution is 1.02. The summed E-state index contributed by atoms with van der Waals surface area (Å²) in [7, 11) is 0. The first-order chi connectivity index (χ1) is 12.3. The Labute approximate surface area is 155 Å². The van der Waals surface area contributed by atoms with Crippen LogP contribution in [0.25, 0.3) is 10.2 Å². The van der Waals surface area contributed by atoms with Crippen molar-refractivity contribution < 1.29 is 0 Å². The summed E-state index contributed by atoms with van der Waals surface area (Å²) in [6.07, 6.45) is 0.977. The molecule has 0 saturated heterocycles. The minimum absolute atomic E-state index is 0.883. The van der Waals surface area contributed by atoms with Gasteiger partial charge < -0.3 is 10.6 Å². The number of aryl methyl sites for hydroxylation is 1. The zero-order valence-corrected chi connectivity index (χ0v) is 15.7. The van der Waals surface area contributed by atoms with Crippen molar-refractivity contribution in [3.05, 3.63) is 53.6 Å². The van der Waals surface area contributed by atoms with E-state index in [4.69, 9.17) is 0 Å².